The Hall–Kier alpha value is -4.57. The van der Waals surface area contributed by atoms with Crippen molar-refractivity contribution < 1.29 is 27.9 Å². The Morgan fingerprint density at radius 3 is 2.37 bits per heavy atom. The summed E-state index contributed by atoms with van der Waals surface area (Å²) in [6, 6.07) is 7.02. The summed E-state index contributed by atoms with van der Waals surface area (Å²) >= 11 is 5.88. The molecule has 17 heteroatoms. The van der Waals surface area contributed by atoms with Crippen LogP contribution in [0.5, 0.6) is 0 Å². The molecule has 0 aliphatic rings. The average molecular weight is 552 g/mol. The molecule has 0 unspecified atom stereocenters. The summed E-state index contributed by atoms with van der Waals surface area (Å²) in [4.78, 5) is 44.8. The molecule has 0 radical (unpaired) electrons. The number of benzene rings is 1. The number of aliphatic hydroxyl groups excluding tert-OH is 1. The number of hydrogen-bond donors (Lipinski definition) is 3. The molecule has 198 valence electrons. The van der Waals surface area contributed by atoms with Gasteiger partial charge < -0.3 is 16.6 Å². The van der Waals surface area contributed by atoms with Crippen LogP contribution in [0.4, 0.5) is 13.2 Å². The van der Waals surface area contributed by atoms with Crippen LogP contribution in [0.3, 0.4) is 0 Å². The molecule has 0 saturated carbocycles. The molecule has 1 aromatic carbocycles. The molecule has 2 amide bonds. The van der Waals surface area contributed by atoms with Crippen molar-refractivity contribution in [3.63, 3.8) is 0 Å². The zero-order chi connectivity index (χ0) is 27.8. The van der Waals surface area contributed by atoms with Gasteiger partial charge in [0.2, 0.25) is 5.82 Å². The maximum atomic E-state index is 13.1. The van der Waals surface area contributed by atoms with Gasteiger partial charge in [-0.3, -0.25) is 19.1 Å². The predicted octanol–water partition coefficient (Wildman–Crippen LogP) is 0.510. The normalized spacial score (nSPS) is 12.4. The number of nitrogens with two attached hydrogens (primary N) is 2. The number of nitrogens with zero attached hydrogens (tertiary/aromatic N) is 7. The number of rotatable bonds is 8. The number of hydrogen-bond acceptors (Lipinski definition) is 8. The summed E-state index contributed by atoms with van der Waals surface area (Å²) in [6.07, 6.45) is -5.40. The van der Waals surface area contributed by atoms with E-state index in [1.54, 1.807) is 0 Å². The molecule has 1 atom stereocenters. The fourth-order valence-electron chi connectivity index (χ4n) is 3.44. The SMILES string of the molecule is NC(=O)c1ccncc1-n1nc(Cn2nc(-c3ccc(Cl)cc3)n(C[C@H](O)C(F)(F)F)c2=O)nc1C(N)=O. The topological polar surface area (TPSA) is 190 Å². The van der Waals surface area contributed by atoms with Crippen LogP contribution in [0.15, 0.2) is 47.5 Å². The van der Waals surface area contributed by atoms with Crippen LogP contribution in [-0.4, -0.2) is 63.3 Å². The number of amides is 2. The van der Waals surface area contributed by atoms with Gasteiger partial charge >= 0.3 is 11.9 Å². The number of aromatic nitrogens is 7. The Balaban J connectivity index is 1.80. The van der Waals surface area contributed by atoms with Gasteiger partial charge in [-0.2, -0.15) is 13.2 Å². The van der Waals surface area contributed by atoms with E-state index >= 15 is 0 Å². The molecule has 0 aliphatic carbocycles. The molecule has 5 N–H and O–H groups in total. The highest BCUT2D eigenvalue weighted by Gasteiger charge is 2.39. The molecule has 38 heavy (non-hydrogen) atoms. The molecule has 3 aromatic heterocycles. The molecule has 0 bridgehead atoms. The zero-order valence-corrected chi connectivity index (χ0v) is 19.8. The van der Waals surface area contributed by atoms with Crippen LogP contribution >= 0.6 is 11.6 Å². The average Bonchev–Trinajstić information content (AvgIpc) is 3.41. The molecule has 3 heterocycles. The fourth-order valence-corrected chi connectivity index (χ4v) is 3.57. The standard InChI is InChI=1S/C21H17ClF3N9O4/c22-11-3-1-10(2-4-11)18-31-33(20(38)32(18)8-14(35)21(23,24)25)9-15-29-19(17(27)37)34(30-15)13-7-28-6-5-12(13)16(26)36/h1-7,14,35H,8-9H2,(H2,26,36)(H2,27,37)/t14-/m0/s1. The van der Waals surface area contributed by atoms with Crippen LogP contribution in [0.25, 0.3) is 17.1 Å². The minimum atomic E-state index is -5.00. The van der Waals surface area contributed by atoms with Crippen molar-refractivity contribution in [3.05, 3.63) is 75.4 Å². The van der Waals surface area contributed by atoms with Crippen LogP contribution in [-0.2, 0) is 13.1 Å². The monoisotopic (exact) mass is 551 g/mol. The lowest BCUT2D eigenvalue weighted by Gasteiger charge is -2.15. The third-order valence-electron chi connectivity index (χ3n) is 5.21. The molecular weight excluding hydrogens is 535 g/mol. The third kappa shape index (κ3) is 5.25. The van der Waals surface area contributed by atoms with E-state index in [1.807, 2.05) is 0 Å². The van der Waals surface area contributed by atoms with E-state index in [4.69, 9.17) is 23.1 Å². The van der Waals surface area contributed by atoms with Crippen molar-refractivity contribution in [1.82, 2.24) is 34.1 Å². The van der Waals surface area contributed by atoms with Crippen molar-refractivity contribution in [2.45, 2.75) is 25.4 Å². The Bertz CT molecular complexity index is 1580. The van der Waals surface area contributed by atoms with Gasteiger partial charge in [-0.1, -0.05) is 11.6 Å². The quantitative estimate of drug-likeness (QED) is 0.282. The Morgan fingerprint density at radius 1 is 1.08 bits per heavy atom. The molecule has 13 nitrogen and oxygen atoms in total. The molecule has 0 aliphatic heterocycles. The summed E-state index contributed by atoms with van der Waals surface area (Å²) in [5.41, 5.74) is 9.88. The molecule has 4 rings (SSSR count). The van der Waals surface area contributed by atoms with E-state index in [0.717, 1.165) is 9.36 Å². The molecule has 0 fully saturated rings. The van der Waals surface area contributed by atoms with Crippen LogP contribution in [0.1, 0.15) is 26.8 Å². The first-order valence-corrected chi connectivity index (χ1v) is 10.9. The zero-order valence-electron chi connectivity index (χ0n) is 19.0. The Labute approximate surface area is 215 Å². The summed E-state index contributed by atoms with van der Waals surface area (Å²) < 4.78 is 41.5. The third-order valence-corrected chi connectivity index (χ3v) is 5.47. The summed E-state index contributed by atoms with van der Waals surface area (Å²) in [5.74, 6) is -2.75. The van der Waals surface area contributed by atoms with E-state index in [2.05, 4.69) is 20.2 Å². The van der Waals surface area contributed by atoms with Gasteiger partial charge in [-0.25, -0.2) is 19.1 Å². The lowest BCUT2D eigenvalue weighted by Crippen LogP contribution is -2.37. The minimum Gasteiger partial charge on any atom is -0.382 e. The molecule has 0 spiro atoms. The van der Waals surface area contributed by atoms with E-state index in [-0.39, 0.29) is 28.5 Å². The molecular formula is C21H17ClF3N9O4. The van der Waals surface area contributed by atoms with Gasteiger partial charge in [0, 0.05) is 16.8 Å². The summed E-state index contributed by atoms with van der Waals surface area (Å²) in [5, 5.41) is 18.1. The largest absolute Gasteiger partial charge is 0.416 e. The maximum Gasteiger partial charge on any atom is 0.416 e. The van der Waals surface area contributed by atoms with E-state index < -0.39 is 48.7 Å². The Morgan fingerprint density at radius 2 is 1.76 bits per heavy atom. The van der Waals surface area contributed by atoms with E-state index in [9.17, 15) is 32.7 Å². The van der Waals surface area contributed by atoms with Crippen LogP contribution < -0.4 is 17.2 Å². The predicted molar refractivity (Wildman–Crippen MR) is 124 cm³/mol. The number of carbonyl (C=O) groups excluding carboxylic acids is 2. The van der Waals surface area contributed by atoms with Crippen molar-refractivity contribution in [3.8, 4) is 17.1 Å². The van der Waals surface area contributed by atoms with Crippen molar-refractivity contribution in [2.24, 2.45) is 11.5 Å². The maximum absolute atomic E-state index is 13.1. The van der Waals surface area contributed by atoms with Crippen molar-refractivity contribution in [1.29, 1.82) is 0 Å². The second kappa shape index (κ2) is 10.1. The number of primary amides is 2. The first-order valence-electron chi connectivity index (χ1n) is 10.5. The smallest absolute Gasteiger partial charge is 0.382 e. The summed E-state index contributed by atoms with van der Waals surface area (Å²) in [7, 11) is 0. The number of carbonyl (C=O) groups is 2. The van der Waals surface area contributed by atoms with Crippen molar-refractivity contribution >= 4 is 23.4 Å². The first kappa shape index (κ1) is 26.5. The first-order chi connectivity index (χ1) is 17.9. The van der Waals surface area contributed by atoms with E-state index in [0.29, 0.717) is 9.59 Å². The number of aliphatic hydroxyl groups is 1. The highest BCUT2D eigenvalue weighted by atomic mass is 35.5. The lowest BCUT2D eigenvalue weighted by atomic mass is 10.2. The van der Waals surface area contributed by atoms with Gasteiger partial charge in [0.15, 0.2) is 17.8 Å². The summed E-state index contributed by atoms with van der Waals surface area (Å²) in [6.45, 7) is -1.67. The Kier molecular flexibility index (Phi) is 7.01. The van der Waals surface area contributed by atoms with Crippen LogP contribution in [0.2, 0.25) is 5.02 Å². The van der Waals surface area contributed by atoms with Gasteiger partial charge in [-0.15, -0.1) is 10.2 Å². The second-order valence-corrected chi connectivity index (χ2v) is 8.26. The lowest BCUT2D eigenvalue weighted by molar-refractivity contribution is -0.207. The van der Waals surface area contributed by atoms with Crippen LogP contribution in [0, 0.1) is 0 Å². The minimum absolute atomic E-state index is 0.0272. The molecule has 4 aromatic rings. The molecule has 0 saturated heterocycles. The van der Waals surface area contributed by atoms with E-state index in [1.165, 1.54) is 42.7 Å². The van der Waals surface area contributed by atoms with Gasteiger partial charge in [-0.05, 0) is 30.3 Å². The van der Waals surface area contributed by atoms with Gasteiger partial charge in [0.1, 0.15) is 6.54 Å². The highest BCUT2D eigenvalue weighted by molar-refractivity contribution is 6.30. The second-order valence-electron chi connectivity index (χ2n) is 7.82. The van der Waals surface area contributed by atoms with Gasteiger partial charge in [0.25, 0.3) is 11.8 Å². The number of halogens is 4. The number of pyridine rings is 1. The van der Waals surface area contributed by atoms with Crippen molar-refractivity contribution in [2.75, 3.05) is 0 Å². The fraction of sp³-hybridized carbons (Fsp3) is 0.190. The highest BCUT2D eigenvalue weighted by Crippen LogP contribution is 2.24. The van der Waals surface area contributed by atoms with Gasteiger partial charge in [0.05, 0.1) is 24.0 Å². The number of alkyl halides is 3.